The highest BCUT2D eigenvalue weighted by molar-refractivity contribution is 5.84. The van der Waals surface area contributed by atoms with E-state index in [0.717, 1.165) is 16.3 Å². The van der Waals surface area contributed by atoms with Crippen molar-refractivity contribution >= 4 is 11.9 Å². The van der Waals surface area contributed by atoms with E-state index in [0.29, 0.717) is 0 Å². The molecule has 90 valence electrons. The Labute approximate surface area is 101 Å². The highest BCUT2D eigenvalue weighted by atomic mass is 16.3. The van der Waals surface area contributed by atoms with Crippen molar-refractivity contribution in [2.45, 2.75) is 6.92 Å². The molecular formula is C11H9N5O2. The van der Waals surface area contributed by atoms with E-state index in [-0.39, 0.29) is 11.9 Å². The lowest BCUT2D eigenvalue weighted by molar-refractivity contribution is 0.386. The van der Waals surface area contributed by atoms with Crippen LogP contribution in [0.1, 0.15) is 5.56 Å². The van der Waals surface area contributed by atoms with Crippen molar-refractivity contribution in [3.63, 3.8) is 0 Å². The van der Waals surface area contributed by atoms with Gasteiger partial charge in [0.15, 0.2) is 0 Å². The smallest absolute Gasteiger partial charge is 0.276 e. The van der Waals surface area contributed by atoms with Gasteiger partial charge in [-0.05, 0) is 24.6 Å². The van der Waals surface area contributed by atoms with Gasteiger partial charge in [-0.3, -0.25) is 4.98 Å². The largest absolute Gasteiger partial charge is 0.491 e. The Morgan fingerprint density at radius 3 is 2.67 bits per heavy atom. The predicted octanol–water partition coefficient (Wildman–Crippen LogP) is 0.0698. The number of hydrogen-bond donors (Lipinski definition) is 3. The molecule has 0 fully saturated rings. The van der Waals surface area contributed by atoms with Crippen molar-refractivity contribution in [3.8, 4) is 11.8 Å². The summed E-state index contributed by atoms with van der Waals surface area (Å²) in [4.78, 5) is 18.4. The summed E-state index contributed by atoms with van der Waals surface area (Å²) in [5.74, 6) is -0.650. The number of benzene rings is 1. The number of fused-ring (bicyclic) bond motifs is 1. The van der Waals surface area contributed by atoms with Crippen LogP contribution >= 0.6 is 0 Å². The Hall–Kier alpha value is -2.70. The number of nitrogens with one attached hydrogen (secondary N) is 1. The van der Waals surface area contributed by atoms with Crippen molar-refractivity contribution < 1.29 is 10.2 Å². The van der Waals surface area contributed by atoms with Gasteiger partial charge < -0.3 is 10.2 Å². The van der Waals surface area contributed by atoms with Crippen LogP contribution in [0.5, 0.6) is 11.8 Å². The molecule has 1 aliphatic rings. The van der Waals surface area contributed by atoms with Gasteiger partial charge in [-0.2, -0.15) is 9.98 Å². The van der Waals surface area contributed by atoms with Crippen molar-refractivity contribution in [2.24, 2.45) is 15.0 Å². The number of aromatic amines is 1. The number of rotatable bonds is 1. The van der Waals surface area contributed by atoms with Gasteiger partial charge in [0.1, 0.15) is 0 Å². The average Bonchev–Trinajstić information content (AvgIpc) is 2.82. The minimum Gasteiger partial charge on any atom is -0.491 e. The zero-order valence-corrected chi connectivity index (χ0v) is 9.42. The average molecular weight is 243 g/mol. The van der Waals surface area contributed by atoms with Crippen LogP contribution in [0.25, 0.3) is 0 Å². The summed E-state index contributed by atoms with van der Waals surface area (Å²) in [6.07, 6.45) is 0. The van der Waals surface area contributed by atoms with Gasteiger partial charge in [-0.15, -0.1) is 0 Å². The van der Waals surface area contributed by atoms with Crippen LogP contribution in [0, 0.1) is 6.92 Å². The molecule has 2 aromatic rings. The molecule has 0 spiro atoms. The third kappa shape index (κ3) is 1.71. The fourth-order valence-electron chi connectivity index (χ4n) is 1.60. The second kappa shape index (κ2) is 3.66. The third-order valence-electron chi connectivity index (χ3n) is 2.43. The van der Waals surface area contributed by atoms with E-state index in [9.17, 15) is 0 Å². The molecule has 0 bridgehead atoms. The van der Waals surface area contributed by atoms with Crippen LogP contribution in [0.15, 0.2) is 33.2 Å². The predicted molar refractivity (Wildman–Crippen MR) is 62.5 cm³/mol. The van der Waals surface area contributed by atoms with Crippen molar-refractivity contribution in [3.05, 3.63) is 34.5 Å². The summed E-state index contributed by atoms with van der Waals surface area (Å²) < 4.78 is 0. The Morgan fingerprint density at radius 2 is 1.94 bits per heavy atom. The van der Waals surface area contributed by atoms with Gasteiger partial charge in [0, 0.05) is 0 Å². The molecule has 1 aromatic carbocycles. The molecule has 1 aliphatic heterocycles. The molecule has 0 saturated carbocycles. The van der Waals surface area contributed by atoms with Gasteiger partial charge in [-0.25, -0.2) is 9.98 Å². The Bertz CT molecular complexity index is 756. The fraction of sp³-hybridized carbons (Fsp3) is 0.0909. The Morgan fingerprint density at radius 1 is 1.17 bits per heavy atom. The van der Waals surface area contributed by atoms with Crippen molar-refractivity contribution in [1.82, 2.24) is 9.97 Å². The second-order valence-corrected chi connectivity index (χ2v) is 3.86. The molecule has 0 saturated heterocycles. The quantitative estimate of drug-likeness (QED) is 0.659. The standard InChI is InChI=1S/C11H9N5O2/c1-5-2-3-6-7(4-5)13-10(12-6)16-11-14-8(17)9(18)15-11/h2-4,17-18H,1H3,(H,14,15)/b16-10-. The zero-order valence-electron chi connectivity index (χ0n) is 9.42. The first-order valence-corrected chi connectivity index (χ1v) is 5.22. The number of hydrogen-bond acceptors (Lipinski definition) is 4. The lowest BCUT2D eigenvalue weighted by atomic mass is 10.2. The molecule has 0 radical (unpaired) electrons. The normalized spacial score (nSPS) is 15.3. The summed E-state index contributed by atoms with van der Waals surface area (Å²) in [5.41, 5.74) is 1.09. The Kier molecular flexibility index (Phi) is 2.12. The summed E-state index contributed by atoms with van der Waals surface area (Å²) >= 11 is 0. The SMILES string of the molecule is Cc1ccc2c(c1)=N/C(=N\c1nc(O)c(O)[nH]1)N=2. The third-order valence-corrected chi connectivity index (χ3v) is 2.43. The molecular weight excluding hydrogens is 234 g/mol. The Balaban J connectivity index is 2.06. The fourth-order valence-corrected chi connectivity index (χ4v) is 1.60. The maximum absolute atomic E-state index is 9.13. The molecule has 0 atom stereocenters. The molecule has 7 nitrogen and oxygen atoms in total. The summed E-state index contributed by atoms with van der Waals surface area (Å²) in [5, 5.41) is 19.7. The number of guanidine groups is 1. The van der Waals surface area contributed by atoms with Crippen LogP contribution in [-0.2, 0) is 0 Å². The molecule has 0 aliphatic carbocycles. The van der Waals surface area contributed by atoms with E-state index < -0.39 is 11.8 Å². The van der Waals surface area contributed by atoms with Gasteiger partial charge in [0.2, 0.25) is 5.95 Å². The number of imidazole rings is 1. The van der Waals surface area contributed by atoms with E-state index >= 15 is 0 Å². The van der Waals surface area contributed by atoms with Gasteiger partial charge in [0.05, 0.1) is 10.7 Å². The lowest BCUT2D eigenvalue weighted by Crippen LogP contribution is -2.20. The maximum Gasteiger partial charge on any atom is 0.276 e. The van der Waals surface area contributed by atoms with Gasteiger partial charge in [0.25, 0.3) is 17.7 Å². The van der Waals surface area contributed by atoms with Crippen LogP contribution in [-0.4, -0.2) is 26.1 Å². The van der Waals surface area contributed by atoms with Crippen LogP contribution in [0.4, 0.5) is 5.95 Å². The molecule has 7 heteroatoms. The molecule has 0 amide bonds. The topological polar surface area (TPSA) is 106 Å². The number of aromatic hydroxyl groups is 2. The van der Waals surface area contributed by atoms with Gasteiger partial charge >= 0.3 is 0 Å². The summed E-state index contributed by atoms with van der Waals surface area (Å²) in [6.45, 7) is 1.97. The van der Waals surface area contributed by atoms with Crippen LogP contribution < -0.4 is 10.7 Å². The second-order valence-electron chi connectivity index (χ2n) is 3.86. The lowest BCUT2D eigenvalue weighted by Gasteiger charge is -1.85. The minimum atomic E-state index is -0.499. The minimum absolute atomic E-state index is 0.0528. The monoisotopic (exact) mass is 243 g/mol. The molecule has 18 heavy (non-hydrogen) atoms. The maximum atomic E-state index is 9.13. The number of aliphatic imine (C=N–C) groups is 1. The number of aryl methyl sites for hydroxylation is 1. The summed E-state index contributed by atoms with van der Waals surface area (Å²) in [6, 6.07) is 5.69. The van der Waals surface area contributed by atoms with Crippen molar-refractivity contribution in [1.29, 1.82) is 0 Å². The van der Waals surface area contributed by atoms with Crippen molar-refractivity contribution in [2.75, 3.05) is 0 Å². The first-order chi connectivity index (χ1) is 8.61. The van der Waals surface area contributed by atoms with Gasteiger partial charge in [-0.1, -0.05) is 6.07 Å². The molecule has 1 aromatic heterocycles. The zero-order chi connectivity index (χ0) is 12.7. The summed E-state index contributed by atoms with van der Waals surface area (Å²) in [7, 11) is 0. The molecule has 3 rings (SSSR count). The number of nitrogens with zero attached hydrogens (tertiary/aromatic N) is 4. The van der Waals surface area contributed by atoms with E-state index in [2.05, 4.69) is 24.9 Å². The highest BCUT2D eigenvalue weighted by Gasteiger charge is 2.09. The van der Waals surface area contributed by atoms with Crippen LogP contribution in [0.2, 0.25) is 0 Å². The van der Waals surface area contributed by atoms with Crippen LogP contribution in [0.3, 0.4) is 0 Å². The molecule has 0 unspecified atom stereocenters. The first-order valence-electron chi connectivity index (χ1n) is 5.22. The number of H-pyrrole nitrogens is 1. The van der Waals surface area contributed by atoms with E-state index in [1.165, 1.54) is 0 Å². The molecule has 3 N–H and O–H groups in total. The van der Waals surface area contributed by atoms with E-state index in [1.54, 1.807) is 0 Å². The van der Waals surface area contributed by atoms with E-state index in [4.69, 9.17) is 10.2 Å². The van der Waals surface area contributed by atoms with E-state index in [1.807, 2.05) is 25.1 Å². The first kappa shape index (κ1) is 10.5. The highest BCUT2D eigenvalue weighted by Crippen LogP contribution is 2.23. The molecule has 2 heterocycles. The number of aromatic nitrogens is 2.